The summed E-state index contributed by atoms with van der Waals surface area (Å²) in [5.41, 5.74) is 2.61. The summed E-state index contributed by atoms with van der Waals surface area (Å²) in [6.07, 6.45) is 3.26. The van der Waals surface area contributed by atoms with Gasteiger partial charge in [-0.05, 0) is 37.3 Å². The van der Waals surface area contributed by atoms with Crippen LogP contribution in [0.1, 0.15) is 30.0 Å². The lowest BCUT2D eigenvalue weighted by atomic mass is 9.88. The van der Waals surface area contributed by atoms with Gasteiger partial charge in [-0.3, -0.25) is 0 Å². The largest absolute Gasteiger partial charge is 0.338 e. The van der Waals surface area contributed by atoms with E-state index in [1.54, 1.807) is 0 Å². The number of fused-ring (bicyclic) bond motifs is 1. The van der Waals surface area contributed by atoms with Crippen molar-refractivity contribution in [1.82, 2.24) is 10.6 Å². The Morgan fingerprint density at radius 2 is 2.25 bits per heavy atom. The van der Waals surface area contributed by atoms with Crippen LogP contribution in [0.3, 0.4) is 0 Å². The fourth-order valence-corrected chi connectivity index (χ4v) is 2.23. The van der Waals surface area contributed by atoms with Crippen molar-refractivity contribution >= 4 is 6.03 Å². The normalized spacial score (nSPS) is 18.7. The Morgan fingerprint density at radius 3 is 3.06 bits per heavy atom. The molecule has 1 aromatic rings. The smallest absolute Gasteiger partial charge is 0.315 e. The summed E-state index contributed by atoms with van der Waals surface area (Å²) >= 11 is 0. The van der Waals surface area contributed by atoms with Gasteiger partial charge >= 0.3 is 6.03 Å². The van der Waals surface area contributed by atoms with Crippen molar-refractivity contribution in [2.75, 3.05) is 6.54 Å². The van der Waals surface area contributed by atoms with Crippen molar-refractivity contribution in [2.45, 2.75) is 25.3 Å². The molecule has 0 spiro atoms. The van der Waals surface area contributed by atoms with Gasteiger partial charge < -0.3 is 10.6 Å². The number of urea groups is 1. The Bertz CT molecular complexity index is 376. The molecule has 2 N–H and O–H groups in total. The van der Waals surface area contributed by atoms with Crippen molar-refractivity contribution in [3.63, 3.8) is 0 Å². The van der Waals surface area contributed by atoms with Crippen LogP contribution in [0.25, 0.3) is 0 Å². The van der Waals surface area contributed by atoms with Gasteiger partial charge in [-0.2, -0.15) is 0 Å². The molecular formula is C13H17N2O. The SMILES string of the molecule is [CH2]CNC(=O)NC1CCCc2ccccc21. The maximum atomic E-state index is 11.5. The number of benzene rings is 1. The molecule has 0 aliphatic heterocycles. The fraction of sp³-hybridized carbons (Fsp3) is 0.385. The summed E-state index contributed by atoms with van der Waals surface area (Å²) in [7, 11) is 0. The highest BCUT2D eigenvalue weighted by molar-refractivity contribution is 5.74. The van der Waals surface area contributed by atoms with E-state index in [-0.39, 0.29) is 12.1 Å². The zero-order valence-corrected chi connectivity index (χ0v) is 9.33. The molecular weight excluding hydrogens is 200 g/mol. The first-order valence-corrected chi connectivity index (χ1v) is 5.72. The van der Waals surface area contributed by atoms with Crippen LogP contribution in [0.4, 0.5) is 4.79 Å². The van der Waals surface area contributed by atoms with E-state index in [9.17, 15) is 4.79 Å². The number of hydrogen-bond acceptors (Lipinski definition) is 1. The molecule has 85 valence electrons. The predicted octanol–water partition coefficient (Wildman–Crippen LogP) is 2.20. The minimum Gasteiger partial charge on any atom is -0.338 e. The Hall–Kier alpha value is -1.51. The van der Waals surface area contributed by atoms with Gasteiger partial charge in [0.05, 0.1) is 6.04 Å². The maximum absolute atomic E-state index is 11.5. The first-order chi connectivity index (χ1) is 7.81. The zero-order valence-electron chi connectivity index (χ0n) is 9.33. The third-order valence-electron chi connectivity index (χ3n) is 2.96. The molecule has 2 amide bonds. The van der Waals surface area contributed by atoms with E-state index >= 15 is 0 Å². The standard InChI is InChI=1S/C13H17N2O/c1-2-14-13(16)15-12-9-5-7-10-6-3-4-8-11(10)12/h3-4,6,8,12H,1-2,5,7,9H2,(H2,14,15,16). The van der Waals surface area contributed by atoms with Crippen LogP contribution in [0.2, 0.25) is 0 Å². The van der Waals surface area contributed by atoms with E-state index in [0.29, 0.717) is 6.54 Å². The van der Waals surface area contributed by atoms with Gasteiger partial charge in [0.15, 0.2) is 0 Å². The minimum absolute atomic E-state index is 0.128. The molecule has 0 heterocycles. The lowest BCUT2D eigenvalue weighted by Gasteiger charge is -2.26. The van der Waals surface area contributed by atoms with Gasteiger partial charge in [-0.1, -0.05) is 24.3 Å². The van der Waals surface area contributed by atoms with Crippen molar-refractivity contribution in [3.8, 4) is 0 Å². The Balaban J connectivity index is 2.10. The second kappa shape index (κ2) is 5.01. The van der Waals surface area contributed by atoms with Crippen molar-refractivity contribution in [3.05, 3.63) is 42.3 Å². The summed E-state index contributed by atoms with van der Waals surface area (Å²) in [5.74, 6) is 0. The average Bonchev–Trinajstić information content (AvgIpc) is 2.30. The quantitative estimate of drug-likeness (QED) is 0.783. The number of rotatable bonds is 2. The van der Waals surface area contributed by atoms with E-state index in [1.165, 1.54) is 11.1 Å². The maximum Gasteiger partial charge on any atom is 0.315 e. The molecule has 0 fully saturated rings. The van der Waals surface area contributed by atoms with Gasteiger partial charge in [-0.15, -0.1) is 0 Å². The van der Waals surface area contributed by atoms with E-state index in [2.05, 4.69) is 35.8 Å². The third-order valence-corrected chi connectivity index (χ3v) is 2.96. The molecule has 2 rings (SSSR count). The third kappa shape index (κ3) is 2.35. The van der Waals surface area contributed by atoms with E-state index in [4.69, 9.17) is 0 Å². The van der Waals surface area contributed by atoms with Gasteiger partial charge in [0.1, 0.15) is 0 Å². The molecule has 16 heavy (non-hydrogen) atoms. The van der Waals surface area contributed by atoms with Gasteiger partial charge in [0.2, 0.25) is 0 Å². The number of carbonyl (C=O) groups is 1. The Labute approximate surface area is 96.2 Å². The van der Waals surface area contributed by atoms with Crippen LogP contribution < -0.4 is 10.6 Å². The van der Waals surface area contributed by atoms with Gasteiger partial charge in [0.25, 0.3) is 0 Å². The first-order valence-electron chi connectivity index (χ1n) is 5.72. The molecule has 3 heteroatoms. The Morgan fingerprint density at radius 1 is 1.44 bits per heavy atom. The first kappa shape index (κ1) is 11.0. The second-order valence-electron chi connectivity index (χ2n) is 4.04. The zero-order chi connectivity index (χ0) is 11.4. The van der Waals surface area contributed by atoms with Crippen LogP contribution in [0, 0.1) is 6.92 Å². The molecule has 0 bridgehead atoms. The lowest BCUT2D eigenvalue weighted by Crippen LogP contribution is -2.38. The fourth-order valence-electron chi connectivity index (χ4n) is 2.23. The van der Waals surface area contributed by atoms with Crippen LogP contribution in [0.5, 0.6) is 0 Å². The molecule has 0 saturated carbocycles. The van der Waals surface area contributed by atoms with E-state index < -0.39 is 0 Å². The lowest BCUT2D eigenvalue weighted by molar-refractivity contribution is 0.236. The predicted molar refractivity (Wildman–Crippen MR) is 64.0 cm³/mol. The number of carbonyl (C=O) groups excluding carboxylic acids is 1. The topological polar surface area (TPSA) is 41.1 Å². The highest BCUT2D eigenvalue weighted by Crippen LogP contribution is 2.29. The van der Waals surface area contributed by atoms with E-state index in [1.807, 2.05) is 6.07 Å². The molecule has 0 saturated heterocycles. The average molecular weight is 217 g/mol. The number of nitrogens with one attached hydrogen (secondary N) is 2. The van der Waals surface area contributed by atoms with Gasteiger partial charge in [0, 0.05) is 6.54 Å². The molecule has 1 unspecified atom stereocenters. The summed E-state index contributed by atoms with van der Waals surface area (Å²) in [6.45, 7) is 4.01. The molecule has 1 aliphatic rings. The van der Waals surface area contributed by atoms with Crippen molar-refractivity contribution < 1.29 is 4.79 Å². The summed E-state index contributed by atoms with van der Waals surface area (Å²) in [4.78, 5) is 11.5. The molecule has 3 nitrogen and oxygen atoms in total. The summed E-state index contributed by atoms with van der Waals surface area (Å²) in [6, 6.07) is 8.34. The second-order valence-corrected chi connectivity index (χ2v) is 4.04. The molecule has 1 radical (unpaired) electrons. The summed E-state index contributed by atoms with van der Waals surface area (Å²) < 4.78 is 0. The number of hydrogen-bond donors (Lipinski definition) is 2. The molecule has 0 aromatic heterocycles. The van der Waals surface area contributed by atoms with Crippen LogP contribution in [0.15, 0.2) is 24.3 Å². The monoisotopic (exact) mass is 217 g/mol. The highest BCUT2D eigenvalue weighted by Gasteiger charge is 2.20. The van der Waals surface area contributed by atoms with Crippen molar-refractivity contribution in [1.29, 1.82) is 0 Å². The molecule has 1 atom stereocenters. The van der Waals surface area contributed by atoms with E-state index in [0.717, 1.165) is 19.3 Å². The highest BCUT2D eigenvalue weighted by atomic mass is 16.2. The number of aryl methyl sites for hydroxylation is 1. The van der Waals surface area contributed by atoms with Gasteiger partial charge in [-0.25, -0.2) is 4.79 Å². The minimum atomic E-state index is -0.128. The van der Waals surface area contributed by atoms with Crippen LogP contribution in [-0.2, 0) is 6.42 Å². The molecule has 1 aromatic carbocycles. The number of amides is 2. The summed E-state index contributed by atoms with van der Waals surface area (Å²) in [5, 5.41) is 5.65. The Kier molecular flexibility index (Phi) is 3.44. The van der Waals surface area contributed by atoms with Crippen LogP contribution >= 0.6 is 0 Å². The van der Waals surface area contributed by atoms with Crippen molar-refractivity contribution in [2.24, 2.45) is 0 Å². The molecule has 1 aliphatic carbocycles. The van der Waals surface area contributed by atoms with Crippen LogP contribution in [-0.4, -0.2) is 12.6 Å².